The third-order valence-corrected chi connectivity index (χ3v) is 5.64. The van der Waals surface area contributed by atoms with Gasteiger partial charge in [0.2, 0.25) is 0 Å². The third kappa shape index (κ3) is 4.65. The molecule has 0 spiro atoms. The molecule has 0 saturated carbocycles. The molecule has 0 fully saturated rings. The van der Waals surface area contributed by atoms with E-state index in [1.54, 1.807) is 23.9 Å². The molecule has 0 aliphatic heterocycles. The number of nitriles is 1. The number of nitrogens with zero attached hydrogens (tertiary/aromatic N) is 4. The van der Waals surface area contributed by atoms with Crippen LogP contribution in [-0.2, 0) is 12.4 Å². The fourth-order valence-corrected chi connectivity index (χ4v) is 4.01. The Balaban J connectivity index is 1.59. The van der Waals surface area contributed by atoms with Gasteiger partial charge in [-0.1, -0.05) is 65.8 Å². The summed E-state index contributed by atoms with van der Waals surface area (Å²) in [6, 6.07) is 27.0. The molecule has 1 aromatic heterocycles. The van der Waals surface area contributed by atoms with E-state index in [4.69, 9.17) is 21.6 Å². The minimum absolute atomic E-state index is 0.232. The molecule has 4 rings (SSSR count). The van der Waals surface area contributed by atoms with E-state index in [0.717, 1.165) is 16.4 Å². The van der Waals surface area contributed by atoms with E-state index in [2.05, 4.69) is 16.3 Å². The topological polar surface area (TPSA) is 63.7 Å². The Kier molecular flexibility index (Phi) is 6.33. The first-order chi connectivity index (χ1) is 14.7. The number of rotatable bonds is 7. The molecule has 0 saturated heterocycles. The van der Waals surface area contributed by atoms with Gasteiger partial charge < -0.3 is 4.74 Å². The molecular weight excluding hydrogens is 416 g/mol. The van der Waals surface area contributed by atoms with Gasteiger partial charge in [-0.2, -0.15) is 5.26 Å². The fraction of sp³-hybridized carbons (Fsp3) is 0.0870. The number of halogens is 1. The lowest BCUT2D eigenvalue weighted by molar-refractivity contribution is 0.293. The van der Waals surface area contributed by atoms with Crippen LogP contribution >= 0.6 is 23.4 Å². The highest BCUT2D eigenvalue weighted by molar-refractivity contribution is 7.98. The highest BCUT2D eigenvalue weighted by Crippen LogP contribution is 2.28. The monoisotopic (exact) mass is 432 g/mol. The second-order valence-corrected chi connectivity index (χ2v) is 7.74. The minimum atomic E-state index is 0.232. The normalized spacial score (nSPS) is 10.5. The molecule has 0 amide bonds. The Hall–Kier alpha value is -3.27. The van der Waals surface area contributed by atoms with Crippen molar-refractivity contribution in [3.05, 3.63) is 101 Å². The summed E-state index contributed by atoms with van der Waals surface area (Å²) in [4.78, 5) is 0. The number of para-hydroxylation sites is 2. The maximum Gasteiger partial charge on any atom is 0.196 e. The molecule has 7 heteroatoms. The molecular formula is C23H17ClN4OS. The molecule has 0 aliphatic carbocycles. The summed E-state index contributed by atoms with van der Waals surface area (Å²) in [5.74, 6) is 1.95. The zero-order chi connectivity index (χ0) is 20.8. The molecule has 1 heterocycles. The van der Waals surface area contributed by atoms with Crippen LogP contribution in [0.5, 0.6) is 5.75 Å². The average molecular weight is 433 g/mol. The molecule has 0 unspecified atom stereocenters. The van der Waals surface area contributed by atoms with Gasteiger partial charge in [-0.05, 0) is 42.0 Å². The van der Waals surface area contributed by atoms with Crippen LogP contribution in [0, 0.1) is 11.3 Å². The summed E-state index contributed by atoms with van der Waals surface area (Å²) in [6.07, 6.45) is 0. The molecule has 0 aliphatic rings. The van der Waals surface area contributed by atoms with Crippen molar-refractivity contribution in [2.45, 2.75) is 17.5 Å². The Morgan fingerprint density at radius 1 is 0.967 bits per heavy atom. The average Bonchev–Trinajstić information content (AvgIpc) is 3.20. The highest BCUT2D eigenvalue weighted by Gasteiger charge is 2.16. The summed E-state index contributed by atoms with van der Waals surface area (Å²) in [5.41, 5.74) is 2.65. The van der Waals surface area contributed by atoms with E-state index in [1.807, 2.05) is 71.3 Å². The largest absolute Gasteiger partial charge is 0.484 e. The highest BCUT2D eigenvalue weighted by atomic mass is 35.5. The molecule has 0 N–H and O–H groups in total. The minimum Gasteiger partial charge on any atom is -0.484 e. The van der Waals surface area contributed by atoms with Crippen LogP contribution in [0.1, 0.15) is 17.0 Å². The molecule has 0 atom stereocenters. The van der Waals surface area contributed by atoms with Crippen molar-refractivity contribution in [2.24, 2.45) is 0 Å². The van der Waals surface area contributed by atoms with Crippen molar-refractivity contribution in [3.63, 3.8) is 0 Å². The second-order valence-electron chi connectivity index (χ2n) is 6.39. The lowest BCUT2D eigenvalue weighted by Gasteiger charge is -2.11. The van der Waals surface area contributed by atoms with Crippen molar-refractivity contribution in [2.75, 3.05) is 0 Å². The molecule has 0 bridgehead atoms. The summed E-state index contributed by atoms with van der Waals surface area (Å²) < 4.78 is 7.87. The van der Waals surface area contributed by atoms with Gasteiger partial charge in [-0.25, -0.2) is 0 Å². The van der Waals surface area contributed by atoms with Crippen molar-refractivity contribution < 1.29 is 4.74 Å². The molecule has 5 nitrogen and oxygen atoms in total. The van der Waals surface area contributed by atoms with E-state index in [1.165, 1.54) is 0 Å². The second kappa shape index (κ2) is 9.49. The van der Waals surface area contributed by atoms with Crippen LogP contribution in [0.25, 0.3) is 5.69 Å². The van der Waals surface area contributed by atoms with E-state index in [9.17, 15) is 0 Å². The maximum atomic E-state index is 9.11. The van der Waals surface area contributed by atoms with Crippen LogP contribution in [0.15, 0.2) is 84.0 Å². The molecule has 148 valence electrons. The quantitative estimate of drug-likeness (QED) is 0.352. The van der Waals surface area contributed by atoms with Crippen molar-refractivity contribution in [1.29, 1.82) is 5.26 Å². The van der Waals surface area contributed by atoms with Crippen LogP contribution in [0.2, 0.25) is 5.02 Å². The first kappa shape index (κ1) is 20.0. The predicted molar refractivity (Wildman–Crippen MR) is 118 cm³/mol. The van der Waals surface area contributed by atoms with Crippen LogP contribution in [-0.4, -0.2) is 14.8 Å². The van der Waals surface area contributed by atoms with Crippen LogP contribution < -0.4 is 4.74 Å². The van der Waals surface area contributed by atoms with Crippen LogP contribution in [0.3, 0.4) is 0 Å². The van der Waals surface area contributed by atoms with Gasteiger partial charge >= 0.3 is 0 Å². The summed E-state index contributed by atoms with van der Waals surface area (Å²) >= 11 is 7.76. The Morgan fingerprint density at radius 2 is 1.77 bits per heavy atom. The van der Waals surface area contributed by atoms with Crippen molar-refractivity contribution >= 4 is 23.4 Å². The van der Waals surface area contributed by atoms with Crippen molar-refractivity contribution in [1.82, 2.24) is 14.8 Å². The molecule has 3 aromatic carbocycles. The van der Waals surface area contributed by atoms with Gasteiger partial charge in [0.05, 0.1) is 16.7 Å². The Bertz CT molecular complexity index is 1190. The van der Waals surface area contributed by atoms with Crippen LogP contribution in [0.4, 0.5) is 0 Å². The molecule has 0 radical (unpaired) electrons. The number of hydrogen-bond acceptors (Lipinski definition) is 5. The van der Waals surface area contributed by atoms with E-state index in [0.29, 0.717) is 27.9 Å². The van der Waals surface area contributed by atoms with E-state index < -0.39 is 0 Å². The lowest BCUT2D eigenvalue weighted by Crippen LogP contribution is -2.06. The summed E-state index contributed by atoms with van der Waals surface area (Å²) in [7, 11) is 0. The standard InChI is InChI=1S/C23H17ClN4OS/c24-20-11-4-5-12-21(20)29-15-22-26-27-23(28(22)19-9-2-1-3-10-19)30-16-18-8-6-7-17(13-18)14-25/h1-13H,15-16H2. The molecule has 30 heavy (non-hydrogen) atoms. The SMILES string of the molecule is N#Cc1cccc(CSc2nnc(COc3ccccc3Cl)n2-c2ccccc2)c1. The van der Waals surface area contributed by atoms with E-state index >= 15 is 0 Å². The third-order valence-electron chi connectivity index (χ3n) is 4.33. The van der Waals surface area contributed by atoms with E-state index in [-0.39, 0.29) is 6.61 Å². The Labute approximate surface area is 183 Å². The van der Waals surface area contributed by atoms with Gasteiger partial charge in [-0.15, -0.1) is 10.2 Å². The van der Waals surface area contributed by atoms with Gasteiger partial charge in [0, 0.05) is 11.4 Å². The molecule has 4 aromatic rings. The zero-order valence-electron chi connectivity index (χ0n) is 15.9. The number of benzene rings is 3. The van der Waals surface area contributed by atoms with Crippen molar-refractivity contribution in [3.8, 4) is 17.5 Å². The smallest absolute Gasteiger partial charge is 0.196 e. The number of thioether (sulfide) groups is 1. The van der Waals surface area contributed by atoms with Gasteiger partial charge in [0.15, 0.2) is 11.0 Å². The summed E-state index contributed by atoms with van der Waals surface area (Å²) in [6.45, 7) is 0.232. The fourth-order valence-electron chi connectivity index (χ4n) is 2.91. The Morgan fingerprint density at radius 3 is 2.57 bits per heavy atom. The number of hydrogen-bond donors (Lipinski definition) is 0. The van der Waals surface area contributed by atoms with Gasteiger partial charge in [0.25, 0.3) is 0 Å². The predicted octanol–water partition coefficient (Wildman–Crippen LogP) is 5.66. The lowest BCUT2D eigenvalue weighted by atomic mass is 10.2. The number of ether oxygens (including phenoxy) is 1. The number of aromatic nitrogens is 3. The first-order valence-electron chi connectivity index (χ1n) is 9.23. The zero-order valence-corrected chi connectivity index (χ0v) is 17.5. The van der Waals surface area contributed by atoms with Gasteiger partial charge in [-0.3, -0.25) is 4.57 Å². The summed E-state index contributed by atoms with van der Waals surface area (Å²) in [5, 5.41) is 19.1. The first-order valence-corrected chi connectivity index (χ1v) is 10.6. The van der Waals surface area contributed by atoms with Gasteiger partial charge in [0.1, 0.15) is 12.4 Å². The maximum absolute atomic E-state index is 9.11.